The third kappa shape index (κ3) is 7.18. The van der Waals surface area contributed by atoms with Crippen molar-refractivity contribution in [3.8, 4) is 6.07 Å². The first-order chi connectivity index (χ1) is 22.2. The Bertz CT molecular complexity index is 1860. The van der Waals surface area contributed by atoms with Crippen molar-refractivity contribution in [1.29, 1.82) is 5.26 Å². The highest BCUT2D eigenvalue weighted by Crippen LogP contribution is 2.40. The van der Waals surface area contributed by atoms with Crippen molar-refractivity contribution in [3.05, 3.63) is 94.7 Å². The maximum Gasteiger partial charge on any atom is 0.252 e. The Morgan fingerprint density at radius 1 is 1.17 bits per heavy atom. The molecule has 1 saturated heterocycles. The maximum absolute atomic E-state index is 14.9. The van der Waals surface area contributed by atoms with Gasteiger partial charge in [0, 0.05) is 43.1 Å². The van der Waals surface area contributed by atoms with Gasteiger partial charge >= 0.3 is 0 Å². The number of aryl methyl sites for hydroxylation is 1. The van der Waals surface area contributed by atoms with Gasteiger partial charge in [-0.2, -0.15) is 5.26 Å². The number of nitrogens with one attached hydrogen (secondary N) is 1. The lowest BCUT2D eigenvalue weighted by atomic mass is 9.87. The number of halogens is 2. The summed E-state index contributed by atoms with van der Waals surface area (Å²) in [6.07, 6.45) is 4.93. The molecule has 2 fully saturated rings. The van der Waals surface area contributed by atoms with Crippen molar-refractivity contribution < 1.29 is 31.6 Å². The summed E-state index contributed by atoms with van der Waals surface area (Å²) in [5.41, 5.74) is 2.65. The topological polar surface area (TPSA) is 154 Å². The Kier molecular flexibility index (Phi) is 9.47. The van der Waals surface area contributed by atoms with E-state index in [0.717, 1.165) is 10.5 Å². The molecule has 3 amide bonds. The van der Waals surface area contributed by atoms with E-state index in [-0.39, 0.29) is 29.3 Å². The average molecular weight is 664 g/mol. The van der Waals surface area contributed by atoms with Crippen LogP contribution in [-0.2, 0) is 24.4 Å². The lowest BCUT2D eigenvalue weighted by molar-refractivity contribution is -0.135. The molecule has 0 radical (unpaired) electrons. The zero-order valence-electron chi connectivity index (χ0n) is 25.9. The van der Waals surface area contributed by atoms with E-state index >= 15 is 0 Å². The minimum Gasteiger partial charge on any atom is -0.351 e. The van der Waals surface area contributed by atoms with Crippen molar-refractivity contribution in [1.82, 2.24) is 10.2 Å². The number of allylic oxidation sites excluding steroid dienone is 5. The predicted molar refractivity (Wildman–Crippen MR) is 170 cm³/mol. The van der Waals surface area contributed by atoms with E-state index in [2.05, 4.69) is 11.4 Å². The van der Waals surface area contributed by atoms with Crippen LogP contribution in [0.1, 0.15) is 62.6 Å². The van der Waals surface area contributed by atoms with Crippen molar-refractivity contribution in [3.63, 3.8) is 0 Å². The van der Waals surface area contributed by atoms with Crippen LogP contribution in [0.5, 0.6) is 0 Å². The van der Waals surface area contributed by atoms with Crippen LogP contribution >= 0.6 is 0 Å². The van der Waals surface area contributed by atoms with Gasteiger partial charge in [-0.05, 0) is 61.2 Å². The Morgan fingerprint density at radius 2 is 1.89 bits per heavy atom. The number of likely N-dealkylation sites (tertiary alicyclic amines) is 1. The summed E-state index contributed by atoms with van der Waals surface area (Å²) in [7, 11) is -4.25. The minimum atomic E-state index is -4.25. The molecule has 0 aromatic heterocycles. The van der Waals surface area contributed by atoms with E-state index in [0.29, 0.717) is 35.2 Å². The first-order valence-corrected chi connectivity index (χ1v) is 16.8. The standard InChI is InChI=1S/C34H35F2N5O5S/c1-3-22-11-12-23(20-37)16-26(15-22)40-29(13-14-30(40)42)33(44)41(25-8-6-9-27(17-25)47(38,45)46)31(28-10-5-4-7-21(28)2)32(43)39-24-18-34(35,36)19-24/h4-12,16-17,24,29,31H,3,13-15,18-19H2,1-2H3,(H,39,43)(H2,38,45,46). The number of nitriles is 1. The first-order valence-electron chi connectivity index (χ1n) is 15.2. The summed E-state index contributed by atoms with van der Waals surface area (Å²) in [5, 5.41) is 17.8. The quantitative estimate of drug-likeness (QED) is 0.397. The highest BCUT2D eigenvalue weighted by atomic mass is 32.2. The predicted octanol–water partition coefficient (Wildman–Crippen LogP) is 4.70. The van der Waals surface area contributed by atoms with Gasteiger partial charge in [-0.25, -0.2) is 22.3 Å². The van der Waals surface area contributed by atoms with E-state index in [1.807, 2.05) is 13.0 Å². The fourth-order valence-corrected chi connectivity index (χ4v) is 6.78. The van der Waals surface area contributed by atoms with E-state index in [4.69, 9.17) is 5.14 Å². The largest absolute Gasteiger partial charge is 0.351 e. The molecule has 13 heteroatoms. The molecule has 2 aromatic rings. The number of hydrogen-bond acceptors (Lipinski definition) is 6. The van der Waals surface area contributed by atoms with Crippen LogP contribution in [0.2, 0.25) is 0 Å². The fourth-order valence-electron chi connectivity index (χ4n) is 6.23. The van der Waals surface area contributed by atoms with Gasteiger partial charge in [0.2, 0.25) is 21.8 Å². The van der Waals surface area contributed by atoms with Gasteiger partial charge in [-0.3, -0.25) is 19.3 Å². The molecule has 5 rings (SSSR count). The Labute approximate surface area is 272 Å². The van der Waals surface area contributed by atoms with Crippen LogP contribution in [-0.4, -0.2) is 49.0 Å². The molecule has 1 heterocycles. The van der Waals surface area contributed by atoms with Crippen LogP contribution in [0.3, 0.4) is 0 Å². The average Bonchev–Trinajstić information content (AvgIpc) is 3.27. The Hall–Kier alpha value is -4.67. The monoisotopic (exact) mass is 663 g/mol. The Balaban J connectivity index is 1.66. The summed E-state index contributed by atoms with van der Waals surface area (Å²) in [6, 6.07) is 10.7. The molecule has 0 spiro atoms. The molecule has 0 bridgehead atoms. The molecule has 2 aliphatic carbocycles. The van der Waals surface area contributed by atoms with Crippen molar-refractivity contribution in [2.24, 2.45) is 5.14 Å². The second kappa shape index (κ2) is 13.2. The molecule has 246 valence electrons. The van der Waals surface area contributed by atoms with Gasteiger partial charge in [0.05, 0.1) is 16.5 Å². The van der Waals surface area contributed by atoms with Gasteiger partial charge in [-0.15, -0.1) is 0 Å². The molecule has 1 saturated carbocycles. The van der Waals surface area contributed by atoms with E-state index < -0.39 is 58.7 Å². The third-order valence-electron chi connectivity index (χ3n) is 8.71. The molecule has 1 aliphatic heterocycles. The normalized spacial score (nSPS) is 20.2. The molecular formula is C34H35F2N5O5S. The smallest absolute Gasteiger partial charge is 0.252 e. The molecule has 47 heavy (non-hydrogen) atoms. The SMILES string of the molecule is CCC1=CC=C(C#N)C=C(N2C(=O)CCC2C(=O)N(c2cccc(S(N)(=O)=O)c2)C(C(=O)NC2CC(F)(F)C2)c2ccccc2C)C1. The number of carbonyl (C=O) groups excluding carboxylic acids is 3. The van der Waals surface area contributed by atoms with Crippen LogP contribution < -0.4 is 15.4 Å². The lowest BCUT2D eigenvalue weighted by Gasteiger charge is -2.39. The van der Waals surface area contributed by atoms with Crippen molar-refractivity contribution in [2.45, 2.75) is 81.3 Å². The van der Waals surface area contributed by atoms with Crippen LogP contribution in [0.25, 0.3) is 0 Å². The number of carbonyl (C=O) groups is 3. The van der Waals surface area contributed by atoms with E-state index in [1.165, 1.54) is 29.2 Å². The van der Waals surface area contributed by atoms with Crippen LogP contribution in [0.15, 0.2) is 88.5 Å². The minimum absolute atomic E-state index is 0.00441. The Morgan fingerprint density at radius 3 is 2.53 bits per heavy atom. The van der Waals surface area contributed by atoms with Crippen molar-refractivity contribution >= 4 is 33.4 Å². The number of primary sulfonamides is 1. The summed E-state index contributed by atoms with van der Waals surface area (Å²) in [6.45, 7) is 3.67. The van der Waals surface area contributed by atoms with Crippen LogP contribution in [0, 0.1) is 18.3 Å². The summed E-state index contributed by atoms with van der Waals surface area (Å²) < 4.78 is 52.3. The third-order valence-corrected chi connectivity index (χ3v) is 9.62. The molecular weight excluding hydrogens is 628 g/mol. The molecule has 2 atom stereocenters. The second-order valence-electron chi connectivity index (χ2n) is 12.0. The zero-order valence-corrected chi connectivity index (χ0v) is 26.8. The number of hydrogen-bond donors (Lipinski definition) is 2. The number of nitrogens with two attached hydrogens (primary N) is 1. The summed E-state index contributed by atoms with van der Waals surface area (Å²) in [4.78, 5) is 44.7. The second-order valence-corrected chi connectivity index (χ2v) is 13.6. The molecule has 10 nitrogen and oxygen atoms in total. The first kappa shape index (κ1) is 33.7. The maximum atomic E-state index is 14.9. The highest BCUT2D eigenvalue weighted by molar-refractivity contribution is 7.89. The highest BCUT2D eigenvalue weighted by Gasteiger charge is 2.48. The van der Waals surface area contributed by atoms with Gasteiger partial charge in [-0.1, -0.05) is 48.9 Å². The van der Waals surface area contributed by atoms with Gasteiger partial charge < -0.3 is 10.2 Å². The number of nitrogens with zero attached hydrogens (tertiary/aromatic N) is 3. The number of alkyl halides is 2. The number of anilines is 1. The summed E-state index contributed by atoms with van der Waals surface area (Å²) >= 11 is 0. The van der Waals surface area contributed by atoms with Crippen LogP contribution in [0.4, 0.5) is 14.5 Å². The zero-order chi connectivity index (χ0) is 34.1. The number of benzene rings is 2. The number of rotatable bonds is 9. The van der Waals surface area contributed by atoms with E-state index in [9.17, 15) is 36.8 Å². The van der Waals surface area contributed by atoms with E-state index in [1.54, 1.807) is 43.3 Å². The van der Waals surface area contributed by atoms with Gasteiger partial charge in [0.1, 0.15) is 12.1 Å². The number of amides is 3. The molecule has 2 aromatic carbocycles. The lowest BCUT2D eigenvalue weighted by Crippen LogP contribution is -2.56. The molecule has 2 unspecified atom stereocenters. The number of sulfonamides is 1. The van der Waals surface area contributed by atoms with Gasteiger partial charge in [0.25, 0.3) is 11.8 Å². The molecule has 3 N–H and O–H groups in total. The molecule has 3 aliphatic rings. The van der Waals surface area contributed by atoms with Crippen molar-refractivity contribution in [2.75, 3.05) is 4.90 Å². The fraction of sp³-hybridized carbons (Fsp3) is 0.353. The summed E-state index contributed by atoms with van der Waals surface area (Å²) in [5.74, 6) is -4.71. The van der Waals surface area contributed by atoms with Gasteiger partial charge in [0.15, 0.2) is 0 Å².